The number of carbonyl (C=O) groups excluding carboxylic acids is 5. The number of benzene rings is 4. The Kier molecular flexibility index (Phi) is 51.1. The minimum Gasteiger partial charge on any atom is -0.464 e. The maximum absolute atomic E-state index is 15.1. The van der Waals surface area contributed by atoms with Crippen LogP contribution in [0.15, 0.2) is 89.5 Å². The van der Waals surface area contributed by atoms with Crippen molar-refractivity contribution in [3.05, 3.63) is 140 Å². The van der Waals surface area contributed by atoms with Crippen LogP contribution in [0.4, 0.5) is 28.0 Å². The van der Waals surface area contributed by atoms with E-state index < -0.39 is 34.0 Å². The molecule has 144 heavy (non-hydrogen) atoms. The lowest BCUT2D eigenvalue weighted by atomic mass is 9.73. The van der Waals surface area contributed by atoms with E-state index in [2.05, 4.69) is 74.6 Å². The molecule has 5 heterocycles. The van der Waals surface area contributed by atoms with Gasteiger partial charge in [0.25, 0.3) is 0 Å². The van der Waals surface area contributed by atoms with Gasteiger partial charge in [-0.05, 0) is 242 Å². The average molecular weight is 2050 g/mol. The number of aliphatic hydroxyl groups is 4. The van der Waals surface area contributed by atoms with Gasteiger partial charge in [0.1, 0.15) is 17.2 Å². The van der Waals surface area contributed by atoms with Crippen LogP contribution in [-0.4, -0.2) is 242 Å². The van der Waals surface area contributed by atoms with Crippen LogP contribution < -0.4 is 48.3 Å². The van der Waals surface area contributed by atoms with E-state index in [9.17, 15) is 48.8 Å². The molecule has 13 rings (SSSR count). The van der Waals surface area contributed by atoms with E-state index in [0.29, 0.717) is 159 Å². The molecule has 5 aromatic rings. The van der Waals surface area contributed by atoms with Crippen LogP contribution in [0, 0.1) is 72.8 Å². The number of rotatable bonds is 46. The number of unbranched alkanes of at least 4 members (excludes halogenated alkanes) is 3. The maximum Gasteiger partial charge on any atom is 0.317 e. The number of hydrogen-bond acceptors (Lipinski definition) is 17. The highest BCUT2D eigenvalue weighted by molar-refractivity contribution is 6.31. The van der Waals surface area contributed by atoms with Crippen molar-refractivity contribution in [2.24, 2.45) is 53.1 Å². The van der Waals surface area contributed by atoms with E-state index >= 15 is 4.39 Å². The number of fused-ring (bicyclic) bond motifs is 1. The molecular formula is C114H183Cl2F2N13O13. The standard InChI is InChI=1S/C30H50N4O3.C30H47N3O4.2C27H43ClFN3O3/c1-22-16-23(2)18-27(17-22)30(37,13-9-14-32-24(3)35)26-12-8-15-34(21-26)29(36)33-28(20-31-4)19-25-10-6-5-7-11-25;1-31-21-25(20-23-10-4-3-5-11-23)32-29(34)33-17-9-12-24(22-33)30(35,16-6-7-18-36-2)27-13-8-14-28-26(27)15-19-37-28;1-30-18-22(17-20-9-3-4-10-20)31-26(33)32-15-8-11-21(19-32)27(34,14-5-6-16-35-2)23-12-7-13-24(29)25(23)28;1-35-16-6-5-14-27(34,23-12-7-13-24(28)25(23)29)21-11-8-15-32(19-21)26(33)31-18-22(30)17-20-9-3-2-4-10-20/h16-18,25-26,28,31,37H,5-15,19-21H2,1-4H3,(H,32,35)(H,33,36);8,13-15,19,23-25,31,35H,3-7,9-12,16-18,20-22H2,1-2H3,(H,32,34);7,12-13,20-22,30,34H,3-6,8-11,14-19H2,1-2H3,(H,31,33);7,12-13,20-22,34H,2-6,8-11,14-19,30H2,1H3,(H,31,33)/t26-,28+,30+;24-,25+,30+;2*21-,22+,27+/m1111/s1. The zero-order chi connectivity index (χ0) is 103. The summed E-state index contributed by atoms with van der Waals surface area (Å²) in [6, 6.07) is 23.6. The third-order valence-electron chi connectivity index (χ3n) is 32.6. The lowest BCUT2D eigenvalue weighted by molar-refractivity contribution is -0.119. The number of nitrogens with zero attached hydrogens (tertiary/aromatic N) is 4. The van der Waals surface area contributed by atoms with Gasteiger partial charge in [-0.3, -0.25) is 4.79 Å². The first kappa shape index (κ1) is 119. The molecule has 14 N–H and O–H groups in total. The van der Waals surface area contributed by atoms with E-state index in [1.54, 1.807) is 56.8 Å². The van der Waals surface area contributed by atoms with Crippen LogP contribution in [0.3, 0.4) is 0 Å². The zero-order valence-corrected chi connectivity index (χ0v) is 90.4. The predicted octanol–water partition coefficient (Wildman–Crippen LogP) is 20.1. The molecule has 4 aliphatic carbocycles. The van der Waals surface area contributed by atoms with Crippen molar-refractivity contribution in [2.45, 2.75) is 337 Å². The summed E-state index contributed by atoms with van der Waals surface area (Å²) in [6.07, 6.45) is 43.9. The van der Waals surface area contributed by atoms with Crippen LogP contribution >= 0.6 is 23.2 Å². The fourth-order valence-electron chi connectivity index (χ4n) is 25.0. The van der Waals surface area contributed by atoms with E-state index in [4.69, 9.17) is 47.6 Å². The first-order chi connectivity index (χ1) is 69.5. The average Bonchev–Trinajstić information content (AvgIpc) is 1.74. The third-order valence-corrected chi connectivity index (χ3v) is 33.3. The number of urea groups is 4. The number of furan rings is 1. The van der Waals surface area contributed by atoms with Gasteiger partial charge in [0.05, 0.1) is 38.7 Å². The second-order valence-corrected chi connectivity index (χ2v) is 44.4. The highest BCUT2D eigenvalue weighted by Crippen LogP contribution is 2.48. The Balaban J connectivity index is 0.000000197. The van der Waals surface area contributed by atoms with Gasteiger partial charge in [-0.1, -0.05) is 211 Å². The molecule has 0 unspecified atom stereocenters. The Morgan fingerprint density at radius 1 is 0.438 bits per heavy atom. The Bertz CT molecular complexity index is 4580. The second kappa shape index (κ2) is 61.9. The van der Waals surface area contributed by atoms with E-state index in [1.165, 1.54) is 141 Å². The summed E-state index contributed by atoms with van der Waals surface area (Å²) >= 11 is 12.4. The van der Waals surface area contributed by atoms with Crippen molar-refractivity contribution in [1.29, 1.82) is 0 Å². The first-order valence-electron chi connectivity index (χ1n) is 55.4. The molecule has 8 aliphatic rings. The topological polar surface area (TPSA) is 342 Å². The monoisotopic (exact) mass is 2050 g/mol. The van der Waals surface area contributed by atoms with E-state index in [0.717, 1.165) is 156 Å². The van der Waals surface area contributed by atoms with Gasteiger partial charge >= 0.3 is 24.1 Å². The Hall–Kier alpha value is -7.03. The molecule has 4 saturated carbocycles. The number of likely N-dealkylation sites (tertiary alicyclic amines) is 4. The maximum atomic E-state index is 15.1. The number of hydrogen-bond donors (Lipinski definition) is 13. The molecule has 26 nitrogen and oxygen atoms in total. The summed E-state index contributed by atoms with van der Waals surface area (Å²) < 4.78 is 50.7. The van der Waals surface area contributed by atoms with Crippen LogP contribution in [0.25, 0.3) is 11.0 Å². The molecular weight excluding hydrogens is 1870 g/mol. The van der Waals surface area contributed by atoms with Gasteiger partial charge in [0, 0.05) is 198 Å². The second-order valence-electron chi connectivity index (χ2n) is 43.7. The number of halogens is 4. The number of methoxy groups -OCH3 is 3. The van der Waals surface area contributed by atoms with E-state index in [1.807, 2.05) is 60.1 Å². The van der Waals surface area contributed by atoms with Crippen molar-refractivity contribution in [1.82, 2.24) is 62.1 Å². The molecule has 0 spiro atoms. The minimum absolute atomic E-state index is 0.00371. The Morgan fingerprint density at radius 2 is 0.806 bits per heavy atom. The van der Waals surface area contributed by atoms with Gasteiger partial charge in [-0.2, -0.15) is 0 Å². The summed E-state index contributed by atoms with van der Waals surface area (Å²) in [4.78, 5) is 72.0. The Morgan fingerprint density at radius 3 is 1.23 bits per heavy atom. The molecule has 12 atom stereocenters. The summed E-state index contributed by atoms with van der Waals surface area (Å²) in [5.74, 6) is 0.919. The number of carbonyl (C=O) groups is 5. The van der Waals surface area contributed by atoms with Gasteiger partial charge < -0.3 is 107 Å². The van der Waals surface area contributed by atoms with Crippen molar-refractivity contribution in [2.75, 3.05) is 147 Å². The smallest absolute Gasteiger partial charge is 0.317 e. The number of piperidine rings is 4. The van der Waals surface area contributed by atoms with Gasteiger partial charge in [-0.15, -0.1) is 0 Å². The number of likely N-dealkylation sites (N-methyl/N-ethyl adjacent to an activating group) is 3. The highest BCUT2D eigenvalue weighted by atomic mass is 35.5. The minimum atomic E-state index is -1.42. The highest BCUT2D eigenvalue weighted by Gasteiger charge is 2.48. The Labute approximate surface area is 870 Å². The normalized spacial score (nSPS) is 21.6. The number of nitrogens with one attached hydrogen (secondary N) is 8. The first-order valence-corrected chi connectivity index (χ1v) is 56.2. The molecule has 4 saturated heterocycles. The quantitative estimate of drug-likeness (QED) is 0.0161. The molecule has 9 amide bonds. The summed E-state index contributed by atoms with van der Waals surface area (Å²) in [5, 5.41) is 74.9. The molecule has 8 fully saturated rings. The van der Waals surface area contributed by atoms with E-state index in [-0.39, 0.29) is 93.5 Å². The molecule has 30 heteroatoms. The van der Waals surface area contributed by atoms with Crippen LogP contribution in [-0.2, 0) is 41.4 Å². The van der Waals surface area contributed by atoms with Crippen molar-refractivity contribution >= 4 is 64.2 Å². The fourth-order valence-corrected chi connectivity index (χ4v) is 25.4. The lowest BCUT2D eigenvalue weighted by Gasteiger charge is -2.43. The van der Waals surface area contributed by atoms with Crippen molar-refractivity contribution < 1.29 is 71.8 Å². The third kappa shape index (κ3) is 36.1. The number of nitrogens with two attached hydrogens (primary N) is 1. The molecule has 4 aliphatic heterocycles. The summed E-state index contributed by atoms with van der Waals surface area (Å²) in [6.45, 7) is 15.3. The number of aryl methyl sites for hydroxylation is 2. The largest absolute Gasteiger partial charge is 0.464 e. The lowest BCUT2D eigenvalue weighted by Crippen LogP contribution is -2.54. The molecule has 0 radical (unpaired) electrons. The number of ether oxygens (including phenoxy) is 3. The molecule has 4 aromatic carbocycles. The van der Waals surface area contributed by atoms with Crippen molar-refractivity contribution in [3.8, 4) is 0 Å². The van der Waals surface area contributed by atoms with Gasteiger partial charge in [-0.25, -0.2) is 28.0 Å². The van der Waals surface area contributed by atoms with Gasteiger partial charge in [0.15, 0.2) is 0 Å². The van der Waals surface area contributed by atoms with Crippen molar-refractivity contribution in [3.63, 3.8) is 0 Å². The van der Waals surface area contributed by atoms with Gasteiger partial charge in [0.2, 0.25) is 5.91 Å². The number of amides is 9. The molecule has 810 valence electrons. The summed E-state index contributed by atoms with van der Waals surface area (Å²) in [5.41, 5.74) is 6.99. The van der Waals surface area contributed by atoms with Crippen LogP contribution in [0.2, 0.25) is 10.0 Å². The van der Waals surface area contributed by atoms with Crippen LogP contribution in [0.5, 0.6) is 0 Å². The summed E-state index contributed by atoms with van der Waals surface area (Å²) in [7, 11) is 10.8. The fraction of sp³-hybridized carbons (Fsp3) is 0.728. The predicted molar refractivity (Wildman–Crippen MR) is 573 cm³/mol. The molecule has 0 bridgehead atoms. The molecule has 1 aromatic heterocycles. The van der Waals surface area contributed by atoms with Crippen LogP contribution in [0.1, 0.15) is 310 Å². The zero-order valence-electron chi connectivity index (χ0n) is 88.9. The SMILES string of the molecule is CNC[C@H](CC1CCCC1)NC(=O)N1CCC[C@@H]([C@@](O)(CCCCOC)c2cccc(F)c2Cl)C1.CNC[C@H](CC1CCCCC1)NC(=O)N1CCC[C@@H]([C@@](O)(CCCCOC)c2cccc3occc23)C1.CNC[C@H](CC1CCCCC1)NC(=O)N1CCC[C@@H]([C@@](O)(CCCNC(C)=O)c2cc(C)cc(C)c2)C1.COCCCC[C@@](O)(c1cccc(Cl)c1F)[C@@H]1CCCN(C(=O)NC[C@@H](N)CC2CCCCC2)C1.